The lowest BCUT2D eigenvalue weighted by molar-refractivity contribution is 0.672. The smallest absolute Gasteiger partial charge is 0.294 e. The van der Waals surface area contributed by atoms with Gasteiger partial charge in [0.2, 0.25) is 5.16 Å². The number of nitrogen functional groups attached to an aromatic ring is 1. The summed E-state index contributed by atoms with van der Waals surface area (Å²) in [6.07, 6.45) is 0.343. The zero-order valence-corrected chi connectivity index (χ0v) is 15.4. The Morgan fingerprint density at radius 2 is 1.76 bits per heavy atom. The lowest BCUT2D eigenvalue weighted by Gasteiger charge is -2.08. The summed E-state index contributed by atoms with van der Waals surface area (Å²) in [5, 5.41) is 9.76. The van der Waals surface area contributed by atoms with Crippen LogP contribution in [0, 0.1) is 0 Å². The molecule has 0 spiro atoms. The summed E-state index contributed by atoms with van der Waals surface area (Å²) in [7, 11) is 0. The average Bonchev–Trinajstić information content (AvgIpc) is 2.61. The molecule has 1 aromatic heterocycles. The van der Waals surface area contributed by atoms with Crippen molar-refractivity contribution in [2.24, 2.45) is 0 Å². The summed E-state index contributed by atoms with van der Waals surface area (Å²) in [5.74, 6) is 6.43. The van der Waals surface area contributed by atoms with Gasteiger partial charge in [0, 0.05) is 22.2 Å². The van der Waals surface area contributed by atoms with Gasteiger partial charge in [0.15, 0.2) is 0 Å². The van der Waals surface area contributed by atoms with Gasteiger partial charge in [-0.3, -0.25) is 4.79 Å². The highest BCUT2D eigenvalue weighted by molar-refractivity contribution is 7.98. The van der Waals surface area contributed by atoms with Gasteiger partial charge in [-0.1, -0.05) is 65.3 Å². The number of rotatable bonds is 5. The Balaban J connectivity index is 1.77. The average molecular weight is 393 g/mol. The standard InChI is InChI=1S/C17H14Cl2N4OS/c18-13-7-5-11(6-8-13)9-15-16(24)23(20)17(22-21-15)25-10-12-3-1-2-4-14(12)19/h1-8H,9-10,20H2. The molecule has 5 nitrogen and oxygen atoms in total. The van der Waals surface area contributed by atoms with E-state index in [1.165, 1.54) is 11.8 Å². The fourth-order valence-corrected chi connectivity index (χ4v) is 3.45. The molecule has 25 heavy (non-hydrogen) atoms. The molecule has 0 fully saturated rings. The quantitative estimate of drug-likeness (QED) is 0.530. The van der Waals surface area contributed by atoms with Crippen molar-refractivity contribution >= 4 is 35.0 Å². The fourth-order valence-electron chi connectivity index (χ4n) is 2.18. The molecule has 0 radical (unpaired) electrons. The normalized spacial score (nSPS) is 10.8. The molecule has 0 unspecified atom stereocenters. The van der Waals surface area contributed by atoms with Gasteiger partial charge >= 0.3 is 0 Å². The Kier molecular flexibility index (Phi) is 5.63. The molecule has 3 rings (SSSR count). The van der Waals surface area contributed by atoms with Crippen molar-refractivity contribution in [1.82, 2.24) is 14.9 Å². The van der Waals surface area contributed by atoms with Crippen molar-refractivity contribution in [2.75, 3.05) is 5.84 Å². The predicted molar refractivity (Wildman–Crippen MR) is 102 cm³/mol. The van der Waals surface area contributed by atoms with Crippen LogP contribution in [0.2, 0.25) is 10.0 Å². The van der Waals surface area contributed by atoms with E-state index in [1.807, 2.05) is 36.4 Å². The Labute approximate surface area is 158 Å². The summed E-state index contributed by atoms with van der Waals surface area (Å²) in [6.45, 7) is 0. The number of hydrogen-bond acceptors (Lipinski definition) is 5. The SMILES string of the molecule is Nn1c(SCc2ccccc2Cl)nnc(Cc2ccc(Cl)cc2)c1=O. The highest BCUT2D eigenvalue weighted by Crippen LogP contribution is 2.24. The molecule has 2 aromatic carbocycles. The lowest BCUT2D eigenvalue weighted by Crippen LogP contribution is -2.33. The Hall–Kier alpha value is -2.02. The molecular weight excluding hydrogens is 379 g/mol. The first-order chi connectivity index (χ1) is 12.0. The van der Waals surface area contributed by atoms with Gasteiger partial charge in [0.25, 0.3) is 5.56 Å². The Morgan fingerprint density at radius 1 is 1.04 bits per heavy atom. The van der Waals surface area contributed by atoms with Crippen LogP contribution in [-0.2, 0) is 12.2 Å². The second-order valence-electron chi connectivity index (χ2n) is 5.29. The van der Waals surface area contributed by atoms with E-state index in [2.05, 4.69) is 10.2 Å². The van der Waals surface area contributed by atoms with E-state index in [9.17, 15) is 4.79 Å². The zero-order valence-electron chi connectivity index (χ0n) is 13.0. The van der Waals surface area contributed by atoms with Crippen LogP contribution in [0.1, 0.15) is 16.8 Å². The molecule has 0 saturated carbocycles. The molecule has 1 heterocycles. The highest BCUT2D eigenvalue weighted by Gasteiger charge is 2.12. The highest BCUT2D eigenvalue weighted by atomic mass is 35.5. The third-order valence-corrected chi connectivity index (χ3v) is 5.14. The Bertz CT molecular complexity index is 944. The Morgan fingerprint density at radius 3 is 2.48 bits per heavy atom. The topological polar surface area (TPSA) is 73.8 Å². The van der Waals surface area contributed by atoms with Crippen molar-refractivity contribution in [3.63, 3.8) is 0 Å². The predicted octanol–water partition coefficient (Wildman–Crippen LogP) is 3.54. The summed E-state index contributed by atoms with van der Waals surface area (Å²) in [6, 6.07) is 14.7. The molecule has 3 aromatic rings. The van der Waals surface area contributed by atoms with Crippen molar-refractivity contribution < 1.29 is 0 Å². The maximum absolute atomic E-state index is 12.4. The number of hydrogen-bond donors (Lipinski definition) is 1. The maximum Gasteiger partial charge on any atom is 0.294 e. The minimum absolute atomic E-state index is 0.284. The van der Waals surface area contributed by atoms with Crippen molar-refractivity contribution in [3.05, 3.63) is 85.8 Å². The van der Waals surface area contributed by atoms with E-state index < -0.39 is 0 Å². The third kappa shape index (κ3) is 4.34. The van der Waals surface area contributed by atoms with Crippen LogP contribution in [0.15, 0.2) is 58.5 Å². The van der Waals surface area contributed by atoms with E-state index in [4.69, 9.17) is 29.0 Å². The van der Waals surface area contributed by atoms with Crippen molar-refractivity contribution in [3.8, 4) is 0 Å². The van der Waals surface area contributed by atoms with Crippen molar-refractivity contribution in [2.45, 2.75) is 17.3 Å². The summed E-state index contributed by atoms with van der Waals surface area (Å²) < 4.78 is 1.03. The number of benzene rings is 2. The molecule has 0 aliphatic carbocycles. The van der Waals surface area contributed by atoms with E-state index in [0.717, 1.165) is 15.8 Å². The van der Waals surface area contributed by atoms with Crippen LogP contribution in [0.3, 0.4) is 0 Å². The van der Waals surface area contributed by atoms with E-state index >= 15 is 0 Å². The van der Waals surface area contributed by atoms with Crippen LogP contribution in [0.4, 0.5) is 0 Å². The van der Waals surface area contributed by atoms with Gasteiger partial charge in [-0.25, -0.2) is 0 Å². The molecule has 0 aliphatic heterocycles. The second kappa shape index (κ2) is 7.91. The molecule has 0 atom stereocenters. The lowest BCUT2D eigenvalue weighted by atomic mass is 10.1. The van der Waals surface area contributed by atoms with Crippen LogP contribution < -0.4 is 11.4 Å². The van der Waals surface area contributed by atoms with Gasteiger partial charge < -0.3 is 5.84 Å². The van der Waals surface area contributed by atoms with Crippen molar-refractivity contribution in [1.29, 1.82) is 0 Å². The molecule has 0 aliphatic rings. The molecule has 0 amide bonds. The first-order valence-electron chi connectivity index (χ1n) is 7.39. The second-order valence-corrected chi connectivity index (χ2v) is 7.07. The molecule has 2 N–H and O–H groups in total. The van der Waals surface area contributed by atoms with Gasteiger partial charge in [-0.05, 0) is 29.3 Å². The van der Waals surface area contributed by atoms with Crippen LogP contribution >= 0.6 is 35.0 Å². The fraction of sp³-hybridized carbons (Fsp3) is 0.118. The van der Waals surface area contributed by atoms with E-state index in [0.29, 0.717) is 27.4 Å². The summed E-state index contributed by atoms with van der Waals surface area (Å²) >= 11 is 13.3. The first kappa shape index (κ1) is 17.8. The van der Waals surface area contributed by atoms with E-state index in [1.54, 1.807) is 12.1 Å². The summed E-state index contributed by atoms with van der Waals surface area (Å²) in [4.78, 5) is 12.4. The minimum atomic E-state index is -0.369. The molecule has 128 valence electrons. The number of halogens is 2. The van der Waals surface area contributed by atoms with Gasteiger partial charge in [0.1, 0.15) is 5.69 Å². The van der Waals surface area contributed by atoms with Crippen LogP contribution in [0.5, 0.6) is 0 Å². The number of nitrogens with zero attached hydrogens (tertiary/aromatic N) is 3. The van der Waals surface area contributed by atoms with Gasteiger partial charge in [-0.2, -0.15) is 4.68 Å². The molecular formula is C17H14Cl2N4OS. The monoisotopic (exact) mass is 392 g/mol. The number of aromatic nitrogens is 3. The van der Waals surface area contributed by atoms with Gasteiger partial charge in [0.05, 0.1) is 0 Å². The minimum Gasteiger partial charge on any atom is -0.334 e. The van der Waals surface area contributed by atoms with Crippen LogP contribution in [-0.4, -0.2) is 14.9 Å². The van der Waals surface area contributed by atoms with E-state index in [-0.39, 0.29) is 11.3 Å². The molecule has 0 bridgehead atoms. The number of thioether (sulfide) groups is 1. The first-order valence-corrected chi connectivity index (χ1v) is 9.13. The molecule has 8 heteroatoms. The number of nitrogens with two attached hydrogens (primary N) is 1. The zero-order chi connectivity index (χ0) is 17.8. The summed E-state index contributed by atoms with van der Waals surface area (Å²) in [5.41, 5.74) is 1.76. The third-order valence-electron chi connectivity index (χ3n) is 3.53. The van der Waals surface area contributed by atoms with Gasteiger partial charge in [-0.15, -0.1) is 10.2 Å². The molecule has 0 saturated heterocycles. The largest absolute Gasteiger partial charge is 0.334 e. The van der Waals surface area contributed by atoms with Crippen LogP contribution in [0.25, 0.3) is 0 Å². The maximum atomic E-state index is 12.4.